The Bertz CT molecular complexity index is 240. The number of hydrogen-bond donors (Lipinski definition) is 2. The van der Waals surface area contributed by atoms with Gasteiger partial charge in [0.05, 0.1) is 11.2 Å². The van der Waals surface area contributed by atoms with Crippen LogP contribution in [-0.4, -0.2) is 58.5 Å². The lowest BCUT2D eigenvalue weighted by Gasteiger charge is -2.49. The van der Waals surface area contributed by atoms with Crippen molar-refractivity contribution < 1.29 is 19.7 Å². The monoisotopic (exact) mass is 217 g/mol. The summed E-state index contributed by atoms with van der Waals surface area (Å²) in [5.74, 6) is -0.947. The van der Waals surface area contributed by atoms with Gasteiger partial charge in [0.15, 0.2) is 0 Å². The smallest absolute Gasteiger partial charge is 0.329 e. The van der Waals surface area contributed by atoms with Crippen molar-refractivity contribution in [3.05, 3.63) is 0 Å². The van der Waals surface area contributed by atoms with Crippen molar-refractivity contribution in [2.75, 3.05) is 26.2 Å². The summed E-state index contributed by atoms with van der Waals surface area (Å²) in [4.78, 5) is 12.4. The summed E-state index contributed by atoms with van der Waals surface area (Å²) in [6, 6.07) is 0. The first-order valence-electron chi connectivity index (χ1n) is 5.01. The molecule has 0 atom stereocenters. The fourth-order valence-corrected chi connectivity index (χ4v) is 1.89. The summed E-state index contributed by atoms with van der Waals surface area (Å²) < 4.78 is 5.25. The topological polar surface area (TPSA) is 70.0 Å². The van der Waals surface area contributed by atoms with Crippen LogP contribution in [0.15, 0.2) is 0 Å². The van der Waals surface area contributed by atoms with Gasteiger partial charge in [-0.15, -0.1) is 0 Å². The van der Waals surface area contributed by atoms with E-state index in [1.165, 1.54) is 0 Å². The number of carbonyl (C=O) groups is 1. The molecule has 2 N–H and O–H groups in total. The van der Waals surface area contributed by atoms with Crippen LogP contribution in [0.4, 0.5) is 0 Å². The minimum absolute atomic E-state index is 0.257. The first-order chi connectivity index (χ1) is 6.70. The third-order valence-electron chi connectivity index (χ3n) is 2.27. The molecule has 1 aliphatic rings. The molecule has 1 saturated heterocycles. The van der Waals surface area contributed by atoms with Gasteiger partial charge in [-0.1, -0.05) is 0 Å². The fourth-order valence-electron chi connectivity index (χ4n) is 1.89. The van der Waals surface area contributed by atoms with Gasteiger partial charge in [0.25, 0.3) is 0 Å². The number of hydrogen-bond acceptors (Lipinski definition) is 4. The Morgan fingerprint density at radius 3 is 2.47 bits per heavy atom. The second-order valence-electron chi connectivity index (χ2n) is 5.09. The van der Waals surface area contributed by atoms with E-state index in [-0.39, 0.29) is 12.2 Å². The molecule has 0 aromatic rings. The van der Waals surface area contributed by atoms with Crippen molar-refractivity contribution in [3.63, 3.8) is 0 Å². The lowest BCUT2D eigenvalue weighted by atomic mass is 9.94. The number of likely N-dealkylation sites (tertiary alicyclic amines) is 1. The zero-order valence-electron chi connectivity index (χ0n) is 9.49. The molecular weight excluding hydrogens is 198 g/mol. The van der Waals surface area contributed by atoms with Crippen LogP contribution in [0.25, 0.3) is 0 Å². The molecule has 1 rings (SSSR count). The van der Waals surface area contributed by atoms with Crippen LogP contribution >= 0.6 is 0 Å². The quantitative estimate of drug-likeness (QED) is 0.674. The summed E-state index contributed by atoms with van der Waals surface area (Å²) in [5, 5.41) is 18.0. The van der Waals surface area contributed by atoms with Gasteiger partial charge in [-0.2, -0.15) is 0 Å². The normalized spacial score (nSPS) is 21.1. The fraction of sp³-hybridized carbons (Fsp3) is 0.900. The Morgan fingerprint density at radius 1 is 1.53 bits per heavy atom. The van der Waals surface area contributed by atoms with Crippen molar-refractivity contribution in [2.24, 2.45) is 0 Å². The number of aliphatic hydroxyl groups is 1. The van der Waals surface area contributed by atoms with Gasteiger partial charge in [0.1, 0.15) is 6.61 Å². The highest BCUT2D eigenvalue weighted by molar-refractivity contribution is 5.68. The number of carboxylic acid groups (broad SMARTS) is 1. The van der Waals surface area contributed by atoms with E-state index in [0.29, 0.717) is 19.6 Å². The number of ether oxygens (including phenoxy) is 1. The molecule has 88 valence electrons. The Kier molecular flexibility index (Phi) is 3.38. The van der Waals surface area contributed by atoms with E-state index in [0.717, 1.165) is 0 Å². The molecule has 0 radical (unpaired) electrons. The zero-order chi connectivity index (χ0) is 11.7. The van der Waals surface area contributed by atoms with Crippen LogP contribution < -0.4 is 0 Å². The number of carboxylic acids is 1. The van der Waals surface area contributed by atoms with Gasteiger partial charge >= 0.3 is 5.97 Å². The highest BCUT2D eigenvalue weighted by Gasteiger charge is 2.41. The Hall–Kier alpha value is -0.650. The number of nitrogens with zero attached hydrogens (tertiary/aromatic N) is 1. The molecule has 5 nitrogen and oxygen atoms in total. The Balaban J connectivity index is 2.26. The maximum absolute atomic E-state index is 10.3. The molecule has 5 heteroatoms. The minimum atomic E-state index is -0.947. The predicted molar refractivity (Wildman–Crippen MR) is 54.7 cm³/mol. The van der Waals surface area contributed by atoms with E-state index in [2.05, 4.69) is 0 Å². The van der Waals surface area contributed by atoms with E-state index >= 15 is 0 Å². The lowest BCUT2D eigenvalue weighted by molar-refractivity contribution is -0.169. The van der Waals surface area contributed by atoms with E-state index in [1.807, 2.05) is 11.8 Å². The highest BCUT2D eigenvalue weighted by Crippen LogP contribution is 2.25. The molecule has 0 saturated carbocycles. The molecule has 0 aliphatic carbocycles. The summed E-state index contributed by atoms with van der Waals surface area (Å²) in [7, 11) is 0. The molecule has 1 aliphatic heterocycles. The van der Waals surface area contributed by atoms with E-state index in [1.54, 1.807) is 13.8 Å². The van der Waals surface area contributed by atoms with Gasteiger partial charge in [-0.05, 0) is 20.8 Å². The summed E-state index contributed by atoms with van der Waals surface area (Å²) in [5.41, 5.74) is -1.09. The Labute approximate surface area is 89.6 Å². The van der Waals surface area contributed by atoms with Gasteiger partial charge in [-0.25, -0.2) is 4.79 Å². The van der Waals surface area contributed by atoms with Crippen molar-refractivity contribution in [1.29, 1.82) is 0 Å². The minimum Gasteiger partial charge on any atom is -0.480 e. The standard InChI is InChI=1S/C10H19NO4/c1-9(2,14)5-11-6-10(3,7-11)15-4-8(12)13/h14H,4-7H2,1-3H3,(H,12,13). The number of rotatable bonds is 5. The third-order valence-corrected chi connectivity index (χ3v) is 2.27. The van der Waals surface area contributed by atoms with Crippen LogP contribution in [0.3, 0.4) is 0 Å². The van der Waals surface area contributed by atoms with Crippen LogP contribution in [0, 0.1) is 0 Å². The van der Waals surface area contributed by atoms with Crippen molar-refractivity contribution in [1.82, 2.24) is 4.90 Å². The molecule has 0 bridgehead atoms. The predicted octanol–water partition coefficient (Wildman–Crippen LogP) is -0.0672. The first kappa shape index (κ1) is 12.4. The molecular formula is C10H19NO4. The summed E-state index contributed by atoms with van der Waals surface area (Å²) >= 11 is 0. The molecule has 0 spiro atoms. The first-order valence-corrected chi connectivity index (χ1v) is 5.01. The second-order valence-corrected chi connectivity index (χ2v) is 5.09. The number of aliphatic carboxylic acids is 1. The van der Waals surface area contributed by atoms with Gasteiger partial charge in [0.2, 0.25) is 0 Å². The summed E-state index contributed by atoms with van der Waals surface area (Å²) in [6.45, 7) is 7.05. The Morgan fingerprint density at radius 2 is 2.07 bits per heavy atom. The molecule has 15 heavy (non-hydrogen) atoms. The average molecular weight is 217 g/mol. The molecule has 0 aromatic heterocycles. The molecule has 1 heterocycles. The molecule has 0 aromatic carbocycles. The van der Waals surface area contributed by atoms with Gasteiger partial charge in [-0.3, -0.25) is 4.90 Å². The van der Waals surface area contributed by atoms with E-state index in [4.69, 9.17) is 9.84 Å². The third kappa shape index (κ3) is 4.15. The maximum Gasteiger partial charge on any atom is 0.329 e. The SMILES string of the molecule is CC(C)(O)CN1CC(C)(OCC(=O)O)C1. The van der Waals surface area contributed by atoms with E-state index < -0.39 is 11.6 Å². The van der Waals surface area contributed by atoms with Crippen molar-refractivity contribution >= 4 is 5.97 Å². The van der Waals surface area contributed by atoms with E-state index in [9.17, 15) is 9.90 Å². The average Bonchev–Trinajstić information content (AvgIpc) is 1.95. The van der Waals surface area contributed by atoms with Crippen molar-refractivity contribution in [3.8, 4) is 0 Å². The number of β-amino-alcohol motifs (C(OH)–C–C–N with tert-alkyl or cyclic N) is 1. The van der Waals surface area contributed by atoms with Crippen LogP contribution in [0.2, 0.25) is 0 Å². The summed E-state index contributed by atoms with van der Waals surface area (Å²) in [6.07, 6.45) is 0. The second kappa shape index (κ2) is 4.08. The van der Waals surface area contributed by atoms with Gasteiger partial charge < -0.3 is 14.9 Å². The maximum atomic E-state index is 10.3. The zero-order valence-corrected chi connectivity index (χ0v) is 9.49. The largest absolute Gasteiger partial charge is 0.480 e. The highest BCUT2D eigenvalue weighted by atomic mass is 16.5. The van der Waals surface area contributed by atoms with Crippen LogP contribution in [0.1, 0.15) is 20.8 Å². The van der Waals surface area contributed by atoms with Gasteiger partial charge in [0, 0.05) is 19.6 Å². The van der Waals surface area contributed by atoms with Crippen molar-refractivity contribution in [2.45, 2.75) is 32.0 Å². The van der Waals surface area contributed by atoms with Crippen LogP contribution in [0.5, 0.6) is 0 Å². The lowest BCUT2D eigenvalue weighted by Crippen LogP contribution is -2.64. The molecule has 0 amide bonds. The van der Waals surface area contributed by atoms with Crippen LogP contribution in [-0.2, 0) is 9.53 Å². The molecule has 1 fully saturated rings. The molecule has 0 unspecified atom stereocenters.